The number of dihydropyridines is 1. The van der Waals surface area contributed by atoms with Gasteiger partial charge in [0, 0.05) is 44.6 Å². The van der Waals surface area contributed by atoms with Crippen LogP contribution in [-0.2, 0) is 9.47 Å². The lowest BCUT2D eigenvalue weighted by Gasteiger charge is -2.41. The number of hydrogen-bond donors (Lipinski definition) is 2. The highest BCUT2D eigenvalue weighted by molar-refractivity contribution is 5.92. The third-order valence-corrected chi connectivity index (χ3v) is 6.05. The summed E-state index contributed by atoms with van der Waals surface area (Å²) < 4.78 is 11.0. The minimum atomic E-state index is -0.272. The Morgan fingerprint density at radius 2 is 1.87 bits per heavy atom. The van der Waals surface area contributed by atoms with Crippen molar-refractivity contribution >= 4 is 11.5 Å². The van der Waals surface area contributed by atoms with E-state index in [1.54, 1.807) is 12.1 Å². The molecule has 0 spiro atoms. The molecule has 2 saturated heterocycles. The van der Waals surface area contributed by atoms with E-state index in [-0.39, 0.29) is 12.2 Å². The van der Waals surface area contributed by atoms with Crippen molar-refractivity contribution in [3.8, 4) is 0 Å². The number of morpholine rings is 2. The molecule has 0 bridgehead atoms. The summed E-state index contributed by atoms with van der Waals surface area (Å²) in [6.07, 6.45) is 4.07. The van der Waals surface area contributed by atoms with E-state index in [4.69, 9.17) is 14.5 Å². The van der Waals surface area contributed by atoms with Gasteiger partial charge in [0.15, 0.2) is 0 Å². The van der Waals surface area contributed by atoms with E-state index in [1.807, 2.05) is 12.1 Å². The summed E-state index contributed by atoms with van der Waals surface area (Å²) in [7, 11) is 0. The lowest BCUT2D eigenvalue weighted by atomic mass is 10.0. The Morgan fingerprint density at radius 3 is 2.65 bits per heavy atom. The number of amidine groups is 1. The average molecular weight is 425 g/mol. The van der Waals surface area contributed by atoms with E-state index in [0.717, 1.165) is 63.0 Å². The van der Waals surface area contributed by atoms with Crippen LogP contribution in [0.15, 0.2) is 58.0 Å². The highest BCUT2D eigenvalue weighted by Gasteiger charge is 2.34. The summed E-state index contributed by atoms with van der Waals surface area (Å²) in [5.74, 6) is 1.00. The van der Waals surface area contributed by atoms with Crippen molar-refractivity contribution < 1.29 is 9.47 Å². The molecule has 9 heteroatoms. The summed E-state index contributed by atoms with van der Waals surface area (Å²) in [5.41, 5.74) is 3.65. The second-order valence-electron chi connectivity index (χ2n) is 8.13. The Morgan fingerprint density at radius 1 is 1.10 bits per heavy atom. The van der Waals surface area contributed by atoms with Crippen LogP contribution in [0.4, 0.5) is 5.69 Å². The van der Waals surface area contributed by atoms with Crippen molar-refractivity contribution in [2.45, 2.75) is 12.2 Å². The van der Waals surface area contributed by atoms with Crippen molar-refractivity contribution in [1.82, 2.24) is 20.4 Å². The highest BCUT2D eigenvalue weighted by atomic mass is 16.5. The number of nitrogens with zero attached hydrogens (tertiary/aromatic N) is 4. The second kappa shape index (κ2) is 9.17. The molecule has 4 aliphatic rings. The predicted molar refractivity (Wildman–Crippen MR) is 118 cm³/mol. The smallest absolute Gasteiger partial charge is 0.146 e. The van der Waals surface area contributed by atoms with Crippen LogP contribution in [0.3, 0.4) is 0 Å². The molecule has 2 atom stereocenters. The summed E-state index contributed by atoms with van der Waals surface area (Å²) in [6, 6.07) is 7.32. The molecular formula is C22H28N6O3. The number of benzene rings is 1. The van der Waals surface area contributed by atoms with Crippen molar-refractivity contribution in [2.75, 3.05) is 59.2 Å². The van der Waals surface area contributed by atoms with Crippen LogP contribution < -0.4 is 10.6 Å². The number of rotatable bonds is 4. The fourth-order valence-electron chi connectivity index (χ4n) is 4.42. The van der Waals surface area contributed by atoms with Crippen molar-refractivity contribution in [1.29, 1.82) is 0 Å². The summed E-state index contributed by atoms with van der Waals surface area (Å²) in [5, 5.41) is 10.2. The van der Waals surface area contributed by atoms with Crippen molar-refractivity contribution in [2.24, 2.45) is 10.2 Å². The maximum absolute atomic E-state index is 11.0. The van der Waals surface area contributed by atoms with Gasteiger partial charge in [0.25, 0.3) is 0 Å². The number of hydrogen-bond acceptors (Lipinski definition) is 9. The first-order valence-electron chi connectivity index (χ1n) is 10.9. The number of fused-ring (bicyclic) bond motifs is 1. The first-order chi connectivity index (χ1) is 15.3. The van der Waals surface area contributed by atoms with Crippen LogP contribution in [0.1, 0.15) is 11.7 Å². The molecule has 0 aromatic heterocycles. The first kappa shape index (κ1) is 20.2. The first-order valence-corrected chi connectivity index (χ1v) is 10.9. The van der Waals surface area contributed by atoms with Crippen molar-refractivity contribution in [3.63, 3.8) is 0 Å². The molecule has 0 radical (unpaired) electrons. The Labute approximate surface area is 181 Å². The third-order valence-electron chi connectivity index (χ3n) is 6.05. The van der Waals surface area contributed by atoms with Gasteiger partial charge in [-0.05, 0) is 34.5 Å². The molecule has 31 heavy (non-hydrogen) atoms. The molecule has 4 heterocycles. The van der Waals surface area contributed by atoms with E-state index in [9.17, 15) is 4.91 Å². The molecule has 2 unspecified atom stereocenters. The van der Waals surface area contributed by atoms with Crippen LogP contribution >= 0.6 is 0 Å². The van der Waals surface area contributed by atoms with Crippen LogP contribution in [0.25, 0.3) is 0 Å². The molecule has 9 nitrogen and oxygen atoms in total. The van der Waals surface area contributed by atoms with Gasteiger partial charge in [-0.25, -0.2) is 4.99 Å². The lowest BCUT2D eigenvalue weighted by Crippen LogP contribution is -2.56. The van der Waals surface area contributed by atoms with Crippen molar-refractivity contribution in [3.05, 3.63) is 58.3 Å². The molecule has 4 aliphatic heterocycles. The molecule has 5 rings (SSSR count). The molecule has 1 aromatic carbocycles. The molecule has 164 valence electrons. The van der Waals surface area contributed by atoms with Gasteiger partial charge in [0.05, 0.1) is 26.4 Å². The number of aliphatic imine (C=N–C) groups is 1. The van der Waals surface area contributed by atoms with E-state index in [0.29, 0.717) is 18.9 Å². The molecule has 1 aromatic rings. The highest BCUT2D eigenvalue weighted by Crippen LogP contribution is 2.29. The maximum Gasteiger partial charge on any atom is 0.146 e. The van der Waals surface area contributed by atoms with E-state index in [1.165, 1.54) is 5.57 Å². The van der Waals surface area contributed by atoms with E-state index in [2.05, 4.69) is 37.9 Å². The summed E-state index contributed by atoms with van der Waals surface area (Å²) >= 11 is 0. The maximum atomic E-state index is 11.0. The molecule has 2 fully saturated rings. The quantitative estimate of drug-likeness (QED) is 0.708. The van der Waals surface area contributed by atoms with Gasteiger partial charge < -0.3 is 25.0 Å². The zero-order valence-electron chi connectivity index (χ0n) is 17.5. The lowest BCUT2D eigenvalue weighted by molar-refractivity contribution is 0.0425. The van der Waals surface area contributed by atoms with Crippen LogP contribution in [0.2, 0.25) is 0 Å². The van der Waals surface area contributed by atoms with Crippen LogP contribution in [-0.4, -0.2) is 80.8 Å². The summed E-state index contributed by atoms with van der Waals surface area (Å²) in [6.45, 7) is 7.39. The molecular weight excluding hydrogens is 396 g/mol. The van der Waals surface area contributed by atoms with Crippen LogP contribution in [0.5, 0.6) is 0 Å². The minimum Gasteiger partial charge on any atom is -0.379 e. The predicted octanol–water partition coefficient (Wildman–Crippen LogP) is 1.49. The Bertz CT molecular complexity index is 902. The van der Waals surface area contributed by atoms with Crippen LogP contribution in [0, 0.1) is 4.91 Å². The van der Waals surface area contributed by atoms with Gasteiger partial charge in [-0.2, -0.15) is 0 Å². The monoisotopic (exact) mass is 424 g/mol. The third kappa shape index (κ3) is 4.48. The normalized spacial score (nSPS) is 26.6. The number of ether oxygens (including phenoxy) is 2. The Kier molecular flexibility index (Phi) is 5.97. The molecule has 2 N–H and O–H groups in total. The molecule has 0 saturated carbocycles. The van der Waals surface area contributed by atoms with Gasteiger partial charge in [0.1, 0.15) is 23.7 Å². The largest absolute Gasteiger partial charge is 0.379 e. The Hall–Kier alpha value is -2.75. The zero-order valence-corrected chi connectivity index (χ0v) is 17.5. The van der Waals surface area contributed by atoms with Gasteiger partial charge >= 0.3 is 0 Å². The van der Waals surface area contributed by atoms with Gasteiger partial charge in [0.2, 0.25) is 0 Å². The van der Waals surface area contributed by atoms with Gasteiger partial charge in [-0.1, -0.05) is 12.1 Å². The molecule has 0 amide bonds. The van der Waals surface area contributed by atoms with Gasteiger partial charge in [-0.15, -0.1) is 4.91 Å². The second-order valence-corrected chi connectivity index (χ2v) is 8.13. The van der Waals surface area contributed by atoms with E-state index >= 15 is 0 Å². The fourth-order valence-corrected chi connectivity index (χ4v) is 4.42. The summed E-state index contributed by atoms with van der Waals surface area (Å²) in [4.78, 5) is 20.8. The van der Waals surface area contributed by atoms with E-state index < -0.39 is 0 Å². The number of nitroso groups, excluding NO2 is 1. The topological polar surface area (TPSA) is 90.8 Å². The average Bonchev–Trinajstić information content (AvgIpc) is 2.84. The fraction of sp³-hybridized carbons (Fsp3) is 0.500. The standard InChI is InChI=1S/C22H28N6O3/c29-26-18-3-1-2-17(13-18)21-24-19-12-16(15-27-4-8-30-9-5-27)14-23-20(19)22(25-21)28-6-10-31-11-7-28/h1-3,12-14,20-21,23-24H,4-11,15H2. The molecule has 0 aliphatic carbocycles. The minimum absolute atomic E-state index is 0.0184. The zero-order chi connectivity index (χ0) is 21.0. The SMILES string of the molecule is O=Nc1cccc(C2N=C(N3CCOCC3)C3NC=C(CN4CCOCC4)C=C3N2)c1. The number of nitrogens with one attached hydrogen (secondary N) is 2. The van der Waals surface area contributed by atoms with Gasteiger partial charge in [-0.3, -0.25) is 4.90 Å². The Balaban J connectivity index is 1.42.